The lowest BCUT2D eigenvalue weighted by atomic mass is 9.99. The monoisotopic (exact) mass is 396 g/mol. The minimum Gasteiger partial charge on any atom is -0.497 e. The lowest BCUT2D eigenvalue weighted by molar-refractivity contribution is -0.112. The number of amides is 1. The van der Waals surface area contributed by atoms with Gasteiger partial charge in [-0.3, -0.25) is 4.79 Å². The van der Waals surface area contributed by atoms with E-state index in [0.717, 1.165) is 12.0 Å². The molecule has 0 aliphatic heterocycles. The van der Waals surface area contributed by atoms with E-state index in [9.17, 15) is 10.1 Å². The minimum absolute atomic E-state index is 0.0490. The number of nitriles is 1. The van der Waals surface area contributed by atoms with E-state index in [1.807, 2.05) is 30.3 Å². The predicted octanol–water partition coefficient (Wildman–Crippen LogP) is 5.45. The molecule has 150 valence electrons. The smallest absolute Gasteiger partial charge is 0.266 e. The van der Waals surface area contributed by atoms with E-state index in [1.165, 1.54) is 22.3 Å². The maximum Gasteiger partial charge on any atom is 0.266 e. The average Bonchev–Trinajstić information content (AvgIpc) is 2.73. The number of methoxy groups -OCH3 is 1. The summed E-state index contributed by atoms with van der Waals surface area (Å²) in [7, 11) is 1.58. The zero-order valence-electron chi connectivity index (χ0n) is 17.4. The molecule has 3 aromatic carbocycles. The fourth-order valence-corrected chi connectivity index (χ4v) is 3.33. The normalized spacial score (nSPS) is 10.9. The Labute approximate surface area is 177 Å². The van der Waals surface area contributed by atoms with Crippen molar-refractivity contribution < 1.29 is 9.53 Å². The van der Waals surface area contributed by atoms with Crippen LogP contribution in [0.25, 0.3) is 6.08 Å². The number of benzene rings is 3. The fourth-order valence-electron chi connectivity index (χ4n) is 3.33. The van der Waals surface area contributed by atoms with Crippen LogP contribution in [0.3, 0.4) is 0 Å². The molecule has 0 aliphatic rings. The standard InChI is InChI=1S/C26H24N2O2/c1-18-12-19(2)14-22(13-18)15-20-4-6-21(7-5-20)16-23(17-27)26(29)28-24-8-10-25(30-3)11-9-24/h4-14,16H,15H2,1-3H3,(H,28,29)/b23-16+. The molecule has 3 rings (SSSR count). The third-order valence-electron chi connectivity index (χ3n) is 4.69. The van der Waals surface area contributed by atoms with Gasteiger partial charge in [0.25, 0.3) is 5.91 Å². The second-order valence-electron chi connectivity index (χ2n) is 7.27. The molecule has 0 aromatic heterocycles. The molecular formula is C26H24N2O2. The van der Waals surface area contributed by atoms with Crippen molar-refractivity contribution in [2.24, 2.45) is 0 Å². The first-order valence-corrected chi connectivity index (χ1v) is 9.70. The van der Waals surface area contributed by atoms with Crippen LogP contribution in [-0.4, -0.2) is 13.0 Å². The number of nitrogens with one attached hydrogen (secondary N) is 1. The summed E-state index contributed by atoms with van der Waals surface area (Å²) >= 11 is 0. The van der Waals surface area contributed by atoms with E-state index in [1.54, 1.807) is 37.5 Å². The number of carbonyl (C=O) groups excluding carboxylic acids is 1. The van der Waals surface area contributed by atoms with Crippen LogP contribution in [0.2, 0.25) is 0 Å². The Hall–Kier alpha value is -3.84. The van der Waals surface area contributed by atoms with Crippen molar-refractivity contribution in [1.82, 2.24) is 0 Å². The second-order valence-corrected chi connectivity index (χ2v) is 7.27. The van der Waals surface area contributed by atoms with E-state index in [-0.39, 0.29) is 5.57 Å². The molecule has 4 nitrogen and oxygen atoms in total. The number of carbonyl (C=O) groups is 1. The highest BCUT2D eigenvalue weighted by molar-refractivity contribution is 6.09. The van der Waals surface area contributed by atoms with Crippen molar-refractivity contribution in [3.05, 3.63) is 100 Å². The summed E-state index contributed by atoms with van der Waals surface area (Å²) < 4.78 is 5.10. The van der Waals surface area contributed by atoms with Crippen molar-refractivity contribution in [3.8, 4) is 11.8 Å². The molecule has 0 spiro atoms. The Bertz CT molecular complexity index is 1090. The van der Waals surface area contributed by atoms with Crippen molar-refractivity contribution in [3.63, 3.8) is 0 Å². The van der Waals surface area contributed by atoms with Crippen LogP contribution in [0, 0.1) is 25.2 Å². The van der Waals surface area contributed by atoms with Crippen LogP contribution in [-0.2, 0) is 11.2 Å². The van der Waals surface area contributed by atoms with Gasteiger partial charge in [0, 0.05) is 5.69 Å². The van der Waals surface area contributed by atoms with Crippen LogP contribution in [0.1, 0.15) is 27.8 Å². The summed E-state index contributed by atoms with van der Waals surface area (Å²) in [5.74, 6) is 0.256. The first kappa shape index (κ1) is 20.9. The SMILES string of the molecule is COc1ccc(NC(=O)/C(C#N)=C/c2ccc(Cc3cc(C)cc(C)c3)cc2)cc1. The minimum atomic E-state index is -0.443. The zero-order chi connectivity index (χ0) is 21.5. The van der Waals surface area contributed by atoms with Crippen molar-refractivity contribution in [1.29, 1.82) is 5.26 Å². The Kier molecular flexibility index (Phi) is 6.67. The Morgan fingerprint density at radius 3 is 2.17 bits per heavy atom. The average molecular weight is 396 g/mol. The van der Waals surface area contributed by atoms with Crippen LogP contribution < -0.4 is 10.1 Å². The van der Waals surface area contributed by atoms with Crippen LogP contribution >= 0.6 is 0 Å². The van der Waals surface area contributed by atoms with Gasteiger partial charge in [0.2, 0.25) is 0 Å². The summed E-state index contributed by atoms with van der Waals surface area (Å²) in [4.78, 5) is 12.4. The third kappa shape index (κ3) is 5.59. The van der Waals surface area contributed by atoms with Gasteiger partial charge in [-0.1, -0.05) is 53.6 Å². The van der Waals surface area contributed by atoms with Gasteiger partial charge < -0.3 is 10.1 Å². The highest BCUT2D eigenvalue weighted by Gasteiger charge is 2.10. The van der Waals surface area contributed by atoms with Gasteiger partial charge >= 0.3 is 0 Å². The number of nitrogens with zero attached hydrogens (tertiary/aromatic N) is 1. The van der Waals surface area contributed by atoms with Gasteiger partial charge in [0.15, 0.2) is 0 Å². The summed E-state index contributed by atoms with van der Waals surface area (Å²) in [5, 5.41) is 12.2. The predicted molar refractivity (Wildman–Crippen MR) is 120 cm³/mol. The molecule has 0 bridgehead atoms. The summed E-state index contributed by atoms with van der Waals surface area (Å²) in [5.41, 5.74) is 6.42. The van der Waals surface area contributed by atoms with Crippen LogP contribution in [0.5, 0.6) is 5.75 Å². The van der Waals surface area contributed by atoms with Crippen molar-refractivity contribution in [2.75, 3.05) is 12.4 Å². The highest BCUT2D eigenvalue weighted by atomic mass is 16.5. The Balaban J connectivity index is 1.70. The van der Waals surface area contributed by atoms with Gasteiger partial charge in [-0.05, 0) is 67.3 Å². The molecule has 0 unspecified atom stereocenters. The molecule has 4 heteroatoms. The van der Waals surface area contributed by atoms with Crippen molar-refractivity contribution in [2.45, 2.75) is 20.3 Å². The Morgan fingerprint density at radius 2 is 1.60 bits per heavy atom. The molecule has 0 heterocycles. The van der Waals surface area contributed by atoms with E-state index < -0.39 is 5.91 Å². The third-order valence-corrected chi connectivity index (χ3v) is 4.69. The molecule has 0 radical (unpaired) electrons. The van der Waals surface area contributed by atoms with Gasteiger partial charge in [0.05, 0.1) is 7.11 Å². The number of hydrogen-bond acceptors (Lipinski definition) is 3. The second kappa shape index (κ2) is 9.58. The molecular weight excluding hydrogens is 372 g/mol. The van der Waals surface area contributed by atoms with Gasteiger partial charge in [-0.25, -0.2) is 0 Å². The van der Waals surface area contributed by atoms with Crippen LogP contribution in [0.15, 0.2) is 72.3 Å². The fraction of sp³-hybridized carbons (Fsp3) is 0.154. The molecule has 30 heavy (non-hydrogen) atoms. The topological polar surface area (TPSA) is 62.1 Å². The molecule has 0 saturated carbocycles. The first-order chi connectivity index (χ1) is 14.5. The lowest BCUT2D eigenvalue weighted by Gasteiger charge is -2.07. The molecule has 3 aromatic rings. The van der Waals surface area contributed by atoms with E-state index in [4.69, 9.17) is 4.74 Å². The summed E-state index contributed by atoms with van der Waals surface area (Å²) in [6.45, 7) is 4.20. The molecule has 0 fully saturated rings. The lowest BCUT2D eigenvalue weighted by Crippen LogP contribution is -2.13. The number of rotatable bonds is 6. The molecule has 0 atom stereocenters. The van der Waals surface area contributed by atoms with Crippen molar-refractivity contribution >= 4 is 17.7 Å². The van der Waals surface area contributed by atoms with E-state index in [0.29, 0.717) is 11.4 Å². The molecule has 0 saturated heterocycles. The summed E-state index contributed by atoms with van der Waals surface area (Å²) in [6.07, 6.45) is 2.44. The zero-order valence-corrected chi connectivity index (χ0v) is 17.4. The van der Waals surface area contributed by atoms with E-state index in [2.05, 4.69) is 37.4 Å². The first-order valence-electron chi connectivity index (χ1n) is 9.70. The van der Waals surface area contributed by atoms with Gasteiger partial charge in [-0.15, -0.1) is 0 Å². The quantitative estimate of drug-likeness (QED) is 0.445. The Morgan fingerprint density at radius 1 is 0.967 bits per heavy atom. The summed E-state index contributed by atoms with van der Waals surface area (Å²) in [6, 6.07) is 23.4. The van der Waals surface area contributed by atoms with E-state index >= 15 is 0 Å². The number of ether oxygens (including phenoxy) is 1. The number of anilines is 1. The largest absolute Gasteiger partial charge is 0.497 e. The van der Waals surface area contributed by atoms with Gasteiger partial charge in [-0.2, -0.15) is 5.26 Å². The molecule has 1 amide bonds. The number of hydrogen-bond donors (Lipinski definition) is 1. The number of aryl methyl sites for hydroxylation is 2. The highest BCUT2D eigenvalue weighted by Crippen LogP contribution is 2.18. The maximum atomic E-state index is 12.4. The van der Waals surface area contributed by atoms with Crippen LogP contribution in [0.4, 0.5) is 5.69 Å². The van der Waals surface area contributed by atoms with Gasteiger partial charge in [0.1, 0.15) is 17.4 Å². The maximum absolute atomic E-state index is 12.4. The molecule has 1 N–H and O–H groups in total. The molecule has 0 aliphatic carbocycles.